The van der Waals surface area contributed by atoms with Crippen molar-refractivity contribution < 1.29 is 14.3 Å². The molecule has 1 aliphatic heterocycles. The standard InChI is InChI=1S/C22H29FN4O3/c1-6-15-7-8-18(17(23)9-15)24-19-10-20(28)26(5)11-16(19)21(29)27-12-22(30,13-27)14(2)25(3)4/h7-11,14,24,30H,6,12-13H2,1-5H3. The molecule has 0 aliphatic carbocycles. The summed E-state index contributed by atoms with van der Waals surface area (Å²) in [6.07, 6.45) is 2.15. The van der Waals surface area contributed by atoms with E-state index < -0.39 is 11.4 Å². The number of pyridine rings is 1. The van der Waals surface area contributed by atoms with Gasteiger partial charge in [-0.05, 0) is 45.1 Å². The van der Waals surface area contributed by atoms with Gasteiger partial charge in [0.2, 0.25) is 0 Å². The Hall–Kier alpha value is -2.71. The minimum absolute atomic E-state index is 0.120. The van der Waals surface area contributed by atoms with Crippen LogP contribution in [0.2, 0.25) is 0 Å². The zero-order valence-corrected chi connectivity index (χ0v) is 18.1. The molecule has 1 amide bonds. The molecular weight excluding hydrogens is 387 g/mol. The Labute approximate surface area is 175 Å². The number of carbonyl (C=O) groups excluding carboxylic acids is 1. The number of likely N-dealkylation sites (tertiary alicyclic amines) is 1. The van der Waals surface area contributed by atoms with E-state index in [-0.39, 0.29) is 47.5 Å². The third kappa shape index (κ3) is 4.11. The lowest BCUT2D eigenvalue weighted by Gasteiger charge is -2.51. The van der Waals surface area contributed by atoms with Gasteiger partial charge in [0.25, 0.3) is 11.5 Å². The van der Waals surface area contributed by atoms with Gasteiger partial charge in [0, 0.05) is 25.4 Å². The zero-order valence-electron chi connectivity index (χ0n) is 18.1. The lowest BCUT2D eigenvalue weighted by molar-refractivity contribution is -0.120. The van der Waals surface area contributed by atoms with E-state index in [1.165, 1.54) is 27.8 Å². The van der Waals surface area contributed by atoms with Crippen LogP contribution < -0.4 is 10.9 Å². The number of halogens is 1. The first kappa shape index (κ1) is 22.0. The third-order valence-electron chi connectivity index (χ3n) is 5.94. The van der Waals surface area contributed by atoms with Crippen LogP contribution in [0, 0.1) is 5.82 Å². The second-order valence-electron chi connectivity index (χ2n) is 8.25. The summed E-state index contributed by atoms with van der Waals surface area (Å²) in [5, 5.41) is 13.6. The van der Waals surface area contributed by atoms with Crippen LogP contribution in [-0.4, -0.2) is 64.2 Å². The molecule has 8 heteroatoms. The number of hydrogen-bond acceptors (Lipinski definition) is 5. The second kappa shape index (κ2) is 8.20. The number of aliphatic hydroxyl groups is 1. The lowest BCUT2D eigenvalue weighted by Crippen LogP contribution is -2.70. The number of aromatic nitrogens is 1. The van der Waals surface area contributed by atoms with E-state index >= 15 is 0 Å². The smallest absolute Gasteiger partial charge is 0.257 e. The predicted octanol–water partition coefficient (Wildman–Crippen LogP) is 1.97. The fourth-order valence-electron chi connectivity index (χ4n) is 3.60. The van der Waals surface area contributed by atoms with Crippen LogP contribution in [0.3, 0.4) is 0 Å². The molecule has 1 atom stereocenters. The van der Waals surface area contributed by atoms with Crippen LogP contribution >= 0.6 is 0 Å². The number of carbonyl (C=O) groups is 1. The second-order valence-corrected chi connectivity index (χ2v) is 8.25. The summed E-state index contributed by atoms with van der Waals surface area (Å²) in [4.78, 5) is 28.7. The molecule has 0 saturated carbocycles. The summed E-state index contributed by atoms with van der Waals surface area (Å²) >= 11 is 0. The highest BCUT2D eigenvalue weighted by molar-refractivity contribution is 6.00. The molecule has 0 bridgehead atoms. The molecule has 162 valence electrons. The molecule has 1 unspecified atom stereocenters. The number of β-amino-alcohol motifs (C(OH)–C–C–N with tert-alkyl or cyclic N) is 1. The van der Waals surface area contributed by atoms with Crippen molar-refractivity contribution in [2.75, 3.05) is 32.5 Å². The number of nitrogens with zero attached hydrogens (tertiary/aromatic N) is 3. The van der Waals surface area contributed by atoms with Gasteiger partial charge in [0.05, 0.1) is 30.0 Å². The Morgan fingerprint density at radius 1 is 1.30 bits per heavy atom. The van der Waals surface area contributed by atoms with Crippen LogP contribution in [0.15, 0.2) is 35.3 Å². The first-order valence-corrected chi connectivity index (χ1v) is 10.00. The Kier molecular flexibility index (Phi) is 6.01. The molecule has 2 heterocycles. The number of amides is 1. The molecule has 7 nitrogen and oxygen atoms in total. The highest BCUT2D eigenvalue weighted by atomic mass is 19.1. The molecule has 1 aromatic carbocycles. The predicted molar refractivity (Wildman–Crippen MR) is 115 cm³/mol. The third-order valence-corrected chi connectivity index (χ3v) is 5.94. The van der Waals surface area contributed by atoms with E-state index in [0.717, 1.165) is 5.56 Å². The summed E-state index contributed by atoms with van der Waals surface area (Å²) in [6, 6.07) is 6.00. The van der Waals surface area contributed by atoms with Crippen LogP contribution in [0.25, 0.3) is 0 Å². The van der Waals surface area contributed by atoms with Gasteiger partial charge in [-0.1, -0.05) is 13.0 Å². The van der Waals surface area contributed by atoms with Crippen molar-refractivity contribution in [1.82, 2.24) is 14.4 Å². The summed E-state index contributed by atoms with van der Waals surface area (Å²) in [7, 11) is 5.31. The Morgan fingerprint density at radius 3 is 2.53 bits per heavy atom. The maximum absolute atomic E-state index is 14.5. The van der Waals surface area contributed by atoms with Crippen molar-refractivity contribution >= 4 is 17.3 Å². The SMILES string of the molecule is CCc1ccc(Nc2cc(=O)n(C)cc2C(=O)N2CC(O)(C(C)N(C)C)C2)c(F)c1. The van der Waals surface area contributed by atoms with Crippen molar-refractivity contribution in [2.45, 2.75) is 31.9 Å². The van der Waals surface area contributed by atoms with Gasteiger partial charge < -0.3 is 24.8 Å². The number of benzene rings is 1. The van der Waals surface area contributed by atoms with Crippen molar-refractivity contribution in [2.24, 2.45) is 7.05 Å². The normalized spacial score (nSPS) is 16.3. The van der Waals surface area contributed by atoms with Crippen LogP contribution in [0.4, 0.5) is 15.8 Å². The molecule has 2 aromatic rings. The van der Waals surface area contributed by atoms with Crippen LogP contribution in [0.5, 0.6) is 0 Å². The van der Waals surface area contributed by atoms with Crippen LogP contribution in [0.1, 0.15) is 29.8 Å². The summed E-state index contributed by atoms with van der Waals surface area (Å²) < 4.78 is 15.8. The minimum atomic E-state index is -0.991. The van der Waals surface area contributed by atoms with E-state index in [1.54, 1.807) is 19.2 Å². The fourth-order valence-corrected chi connectivity index (χ4v) is 3.60. The van der Waals surface area contributed by atoms with Crippen LogP contribution in [-0.2, 0) is 13.5 Å². The maximum Gasteiger partial charge on any atom is 0.257 e. The van der Waals surface area contributed by atoms with E-state index in [1.807, 2.05) is 32.8 Å². The summed E-state index contributed by atoms with van der Waals surface area (Å²) in [5.74, 6) is -0.777. The fraction of sp³-hybridized carbons (Fsp3) is 0.455. The van der Waals surface area contributed by atoms with Gasteiger partial charge in [-0.15, -0.1) is 0 Å². The molecule has 0 radical (unpaired) electrons. The first-order valence-electron chi connectivity index (χ1n) is 10.00. The zero-order chi connectivity index (χ0) is 22.2. The topological polar surface area (TPSA) is 77.8 Å². The molecule has 1 aliphatic rings. The van der Waals surface area contributed by atoms with Gasteiger partial charge in [0.15, 0.2) is 0 Å². The van der Waals surface area contributed by atoms with Crippen molar-refractivity contribution in [3.63, 3.8) is 0 Å². The van der Waals surface area contributed by atoms with E-state index in [4.69, 9.17) is 0 Å². The Morgan fingerprint density at radius 2 is 1.97 bits per heavy atom. The average molecular weight is 416 g/mol. The van der Waals surface area contributed by atoms with Crippen molar-refractivity contribution in [1.29, 1.82) is 0 Å². The molecule has 1 fully saturated rings. The number of anilines is 2. The molecule has 30 heavy (non-hydrogen) atoms. The molecule has 2 N–H and O–H groups in total. The lowest BCUT2D eigenvalue weighted by atomic mass is 9.85. The number of likely N-dealkylation sites (N-methyl/N-ethyl adjacent to an activating group) is 1. The molecule has 1 aromatic heterocycles. The minimum Gasteiger partial charge on any atom is -0.385 e. The van der Waals surface area contributed by atoms with E-state index in [9.17, 15) is 19.1 Å². The molecule has 3 rings (SSSR count). The highest BCUT2D eigenvalue weighted by Gasteiger charge is 2.48. The van der Waals surface area contributed by atoms with Gasteiger partial charge >= 0.3 is 0 Å². The van der Waals surface area contributed by atoms with Gasteiger partial charge in [-0.2, -0.15) is 0 Å². The number of nitrogens with one attached hydrogen (secondary N) is 1. The quantitative estimate of drug-likeness (QED) is 0.753. The first-order chi connectivity index (χ1) is 14.1. The molecule has 0 spiro atoms. The molecule has 1 saturated heterocycles. The van der Waals surface area contributed by atoms with Crippen molar-refractivity contribution in [3.05, 3.63) is 57.8 Å². The Balaban J connectivity index is 1.88. The molecular formula is C22H29FN4O3. The summed E-state index contributed by atoms with van der Waals surface area (Å²) in [5.41, 5.74) is 0.221. The van der Waals surface area contributed by atoms with Gasteiger partial charge in [-0.25, -0.2) is 4.39 Å². The van der Waals surface area contributed by atoms with Gasteiger partial charge in [-0.3, -0.25) is 9.59 Å². The Bertz CT molecular complexity index is 1010. The summed E-state index contributed by atoms with van der Waals surface area (Å²) in [6.45, 7) is 4.22. The van der Waals surface area contributed by atoms with E-state index in [0.29, 0.717) is 6.42 Å². The maximum atomic E-state index is 14.5. The van der Waals surface area contributed by atoms with Crippen molar-refractivity contribution in [3.8, 4) is 0 Å². The monoisotopic (exact) mass is 416 g/mol. The van der Waals surface area contributed by atoms with Gasteiger partial charge in [0.1, 0.15) is 11.4 Å². The number of hydrogen-bond donors (Lipinski definition) is 2. The average Bonchev–Trinajstić information content (AvgIpc) is 2.68. The van der Waals surface area contributed by atoms with E-state index in [2.05, 4.69) is 5.32 Å². The highest BCUT2D eigenvalue weighted by Crippen LogP contribution is 2.30. The number of aryl methyl sites for hydroxylation is 2. The number of rotatable bonds is 6. The largest absolute Gasteiger partial charge is 0.385 e.